The molecule has 10 heteroatoms. The number of hydrogen-bond donors (Lipinski definition) is 5. The van der Waals surface area contributed by atoms with E-state index in [0.29, 0.717) is 12.4 Å². The number of hydrogen-bond acceptors (Lipinski definition) is 5. The van der Waals surface area contributed by atoms with E-state index in [1.54, 1.807) is 18.2 Å². The fourth-order valence-electron chi connectivity index (χ4n) is 1.98. The molecule has 0 unspecified atom stereocenters. The monoisotopic (exact) mass is 441 g/mol. The van der Waals surface area contributed by atoms with Crippen molar-refractivity contribution in [1.29, 1.82) is 0 Å². The van der Waals surface area contributed by atoms with Crippen molar-refractivity contribution >= 4 is 36.1 Å². The minimum Gasteiger partial charge on any atom is -0.493 e. The molecular weight excluding hydrogens is 421 g/mol. The van der Waals surface area contributed by atoms with Gasteiger partial charge in [-0.25, -0.2) is 4.79 Å². The van der Waals surface area contributed by atoms with Crippen LogP contribution in [0, 0.1) is 0 Å². The average molecular weight is 441 g/mol. The van der Waals surface area contributed by atoms with Crippen LogP contribution in [0.1, 0.15) is 24.2 Å². The number of phenols is 1. The third-order valence-electron chi connectivity index (χ3n) is 3.03. The van der Waals surface area contributed by atoms with E-state index in [9.17, 15) is 18.4 Å². The summed E-state index contributed by atoms with van der Waals surface area (Å²) < 4.78 is 33.3. The first-order valence-corrected chi connectivity index (χ1v) is 11.1. The molecule has 27 heavy (non-hydrogen) atoms. The van der Waals surface area contributed by atoms with Crippen LogP contribution in [-0.4, -0.2) is 51.1 Å². The maximum atomic E-state index is 10.9. The van der Waals surface area contributed by atoms with E-state index in [1.165, 1.54) is 19.1 Å². The maximum absolute atomic E-state index is 10.9. The van der Waals surface area contributed by atoms with Gasteiger partial charge in [0.25, 0.3) is 0 Å². The number of carbonyl (C=O) groups is 2. The van der Waals surface area contributed by atoms with Gasteiger partial charge in [0.05, 0.1) is 6.61 Å². The zero-order valence-electron chi connectivity index (χ0n) is 14.6. The molecular formula is C17H20AsNO8. The molecule has 0 heterocycles. The van der Waals surface area contributed by atoms with E-state index in [4.69, 9.17) is 18.0 Å². The normalized spacial score (nSPS) is 10.4. The smallest absolute Gasteiger partial charge is 0.339 e. The molecule has 0 aliphatic heterocycles. The first-order chi connectivity index (χ1) is 12.6. The van der Waals surface area contributed by atoms with E-state index in [2.05, 4.69) is 5.32 Å². The van der Waals surface area contributed by atoms with Gasteiger partial charge in [0, 0.05) is 0 Å². The molecule has 0 bridgehead atoms. The Balaban J connectivity index is 0.000000277. The third-order valence-corrected chi connectivity index (χ3v) is 5.14. The minimum atomic E-state index is -5.09. The van der Waals surface area contributed by atoms with Crippen molar-refractivity contribution in [2.24, 2.45) is 0 Å². The molecule has 0 fully saturated rings. The van der Waals surface area contributed by atoms with Gasteiger partial charge >= 0.3 is 94.1 Å². The zero-order chi connectivity index (χ0) is 20.6. The molecule has 2 rings (SSSR count). The number of benzene rings is 2. The topological polar surface area (TPSA) is 153 Å². The fourth-order valence-corrected chi connectivity index (χ4v) is 3.30. The number of carboxylic acid groups (broad SMARTS) is 1. The van der Waals surface area contributed by atoms with Gasteiger partial charge < -0.3 is 9.84 Å². The first-order valence-electron chi connectivity index (χ1n) is 7.68. The summed E-state index contributed by atoms with van der Waals surface area (Å²) in [5.74, 6) is -1.39. The number of rotatable bonds is 5. The van der Waals surface area contributed by atoms with Crippen molar-refractivity contribution in [3.63, 3.8) is 0 Å². The van der Waals surface area contributed by atoms with Gasteiger partial charge in [-0.3, -0.25) is 0 Å². The van der Waals surface area contributed by atoms with Gasteiger partial charge in [-0.15, -0.1) is 0 Å². The van der Waals surface area contributed by atoms with E-state index < -0.39 is 30.2 Å². The Labute approximate surface area is 158 Å². The molecule has 0 saturated carbocycles. The van der Waals surface area contributed by atoms with Crippen LogP contribution in [0.2, 0.25) is 0 Å². The first kappa shape index (κ1) is 22.3. The number of amides is 1. The molecule has 0 aliphatic carbocycles. The molecule has 5 N–H and O–H groups in total. The summed E-state index contributed by atoms with van der Waals surface area (Å²) in [5, 5.41) is 20.4. The summed E-state index contributed by atoms with van der Waals surface area (Å²) in [6, 6.07) is 10.1. The molecule has 0 spiro atoms. The van der Waals surface area contributed by atoms with E-state index in [0.717, 1.165) is 12.1 Å². The van der Waals surface area contributed by atoms with Gasteiger partial charge in [-0.1, -0.05) is 12.1 Å². The van der Waals surface area contributed by atoms with Crippen LogP contribution in [0.4, 0.5) is 5.69 Å². The number of phenolic OH excluding ortho intramolecular Hbond substituents is 1. The fraction of sp³-hybridized carbons (Fsp3) is 0.176. The van der Waals surface area contributed by atoms with Gasteiger partial charge in [-0.05, 0) is 19.1 Å². The quantitative estimate of drug-likeness (QED) is 0.425. The van der Waals surface area contributed by atoms with Crippen molar-refractivity contribution in [2.75, 3.05) is 11.9 Å². The predicted molar refractivity (Wildman–Crippen MR) is 97.5 cm³/mol. The molecule has 2 aromatic rings. The second kappa shape index (κ2) is 9.82. The Morgan fingerprint density at radius 3 is 2.26 bits per heavy atom. The second-order valence-corrected chi connectivity index (χ2v) is 8.46. The van der Waals surface area contributed by atoms with Crippen molar-refractivity contribution in [3.8, 4) is 11.5 Å². The van der Waals surface area contributed by atoms with Crippen molar-refractivity contribution in [1.82, 2.24) is 0 Å². The Morgan fingerprint density at radius 1 is 1.15 bits per heavy atom. The molecule has 0 saturated heterocycles. The van der Waals surface area contributed by atoms with Crippen molar-refractivity contribution in [3.05, 3.63) is 48.0 Å². The number of nitrogens with one attached hydrogen (secondary N) is 1. The number of ether oxygens (including phenoxy) is 1. The summed E-state index contributed by atoms with van der Waals surface area (Å²) in [6.07, 6.45) is 0. The Hall–Kier alpha value is -2.74. The molecule has 0 aromatic heterocycles. The third kappa shape index (κ3) is 7.18. The zero-order valence-corrected chi connectivity index (χ0v) is 16.5. The van der Waals surface area contributed by atoms with Crippen molar-refractivity contribution in [2.45, 2.75) is 13.8 Å². The van der Waals surface area contributed by atoms with Crippen LogP contribution < -0.4 is 14.4 Å². The average Bonchev–Trinajstić information content (AvgIpc) is 2.54. The van der Waals surface area contributed by atoms with Gasteiger partial charge in [0.2, 0.25) is 0 Å². The standard InChI is InChI=1S/C9H10O3.C8H10AsNO5/c1-2-12-8-6-4-3-5-7(8)9(10)11;1-5(11)10-6-2-3-7(8(12)4-6)9(13,14)15/h3-6H,2H2,1H3,(H,10,11);2-4,12H,1H3,(H,10,11)(H2,13,14,15). The van der Waals surface area contributed by atoms with Crippen LogP contribution in [-0.2, 0) is 8.53 Å². The molecule has 0 radical (unpaired) electrons. The summed E-state index contributed by atoms with van der Waals surface area (Å²) in [4.78, 5) is 21.3. The van der Waals surface area contributed by atoms with E-state index >= 15 is 0 Å². The molecule has 9 nitrogen and oxygen atoms in total. The van der Waals surface area contributed by atoms with Gasteiger partial charge in [0.1, 0.15) is 11.3 Å². The summed E-state index contributed by atoms with van der Waals surface area (Å²) in [6.45, 7) is 3.58. The van der Waals surface area contributed by atoms with Gasteiger partial charge in [0.15, 0.2) is 0 Å². The van der Waals surface area contributed by atoms with Crippen LogP contribution in [0.5, 0.6) is 11.5 Å². The summed E-state index contributed by atoms with van der Waals surface area (Å²) in [7, 11) is 0. The number of para-hydroxylation sites is 1. The number of anilines is 1. The maximum Gasteiger partial charge on any atom is 0.339 e. The number of aromatic carboxylic acids is 1. The molecule has 0 atom stereocenters. The minimum absolute atomic E-state index is 0.208. The Bertz CT molecular complexity index is 862. The molecule has 146 valence electrons. The van der Waals surface area contributed by atoms with Crippen LogP contribution in [0.15, 0.2) is 42.5 Å². The SMILES string of the molecule is CC(=O)Nc1ccc([As](=O)(O)O)c(O)c1.CCOc1ccccc1C(=O)O. The Morgan fingerprint density at radius 2 is 1.78 bits per heavy atom. The number of carboxylic acids is 1. The summed E-state index contributed by atoms with van der Waals surface area (Å²) in [5.41, 5.74) is 0.493. The van der Waals surface area contributed by atoms with E-state index in [-0.39, 0.29) is 17.2 Å². The number of aromatic hydroxyl groups is 1. The summed E-state index contributed by atoms with van der Waals surface area (Å²) >= 11 is -5.09. The van der Waals surface area contributed by atoms with Crippen LogP contribution >= 0.6 is 0 Å². The predicted octanol–water partition coefficient (Wildman–Crippen LogP) is 0.695. The van der Waals surface area contributed by atoms with E-state index in [1.807, 2.05) is 6.92 Å². The largest absolute Gasteiger partial charge is 0.493 e. The van der Waals surface area contributed by atoms with Crippen LogP contribution in [0.3, 0.4) is 0 Å². The molecule has 0 aliphatic rings. The number of carbonyl (C=O) groups excluding carboxylic acids is 1. The Kier molecular flexibility index (Phi) is 8.11. The van der Waals surface area contributed by atoms with Crippen LogP contribution in [0.25, 0.3) is 0 Å². The van der Waals surface area contributed by atoms with Gasteiger partial charge in [-0.2, -0.15) is 0 Å². The second-order valence-electron chi connectivity index (χ2n) is 5.16. The van der Waals surface area contributed by atoms with Crippen molar-refractivity contribution < 1.29 is 36.5 Å². The molecule has 1 amide bonds. The molecule has 2 aromatic carbocycles.